The van der Waals surface area contributed by atoms with Crippen LogP contribution < -0.4 is 5.32 Å². The van der Waals surface area contributed by atoms with Gasteiger partial charge in [0.15, 0.2) is 0 Å². The molecule has 0 aliphatic carbocycles. The Kier molecular flexibility index (Phi) is 9.72. The van der Waals surface area contributed by atoms with Gasteiger partial charge in [-0.1, -0.05) is 80.6 Å². The molecule has 0 aliphatic heterocycles. The van der Waals surface area contributed by atoms with E-state index in [2.05, 4.69) is 66.0 Å². The van der Waals surface area contributed by atoms with Gasteiger partial charge < -0.3 is 14.8 Å². The van der Waals surface area contributed by atoms with E-state index in [0.29, 0.717) is 12.1 Å². The van der Waals surface area contributed by atoms with Crippen LogP contribution in [-0.4, -0.2) is 41.1 Å². The van der Waals surface area contributed by atoms with Crippen molar-refractivity contribution in [3.05, 3.63) is 108 Å². The van der Waals surface area contributed by atoms with E-state index >= 15 is 4.39 Å². The highest BCUT2D eigenvalue weighted by Gasteiger charge is 2.25. The molecule has 1 N–H and O–H groups in total. The Hall–Kier alpha value is -3.44. The van der Waals surface area contributed by atoms with Gasteiger partial charge in [0.1, 0.15) is 5.82 Å². The van der Waals surface area contributed by atoms with E-state index in [1.807, 2.05) is 42.5 Å². The summed E-state index contributed by atoms with van der Waals surface area (Å²) in [7, 11) is 0. The molecular weight excluding hydrogens is 473 g/mol. The highest BCUT2D eigenvalue weighted by molar-refractivity contribution is 5.87. The summed E-state index contributed by atoms with van der Waals surface area (Å²) in [5.74, 6) is -0.716. The molecule has 0 spiro atoms. The van der Waals surface area contributed by atoms with Gasteiger partial charge in [-0.25, -0.2) is 4.39 Å². The number of hydrogen-bond acceptors (Lipinski definition) is 2. The molecular formula is C33H40FN3O. The second-order valence-electron chi connectivity index (χ2n) is 10.1. The SMILES string of the molecule is CCN(CC)CCC[C@H](C)NC(=O)C[C@H](c1ccccc1F)c1cn(Cc2ccccc2)c2ccccc12. The molecule has 5 heteroatoms. The molecule has 0 unspecified atom stereocenters. The van der Waals surface area contributed by atoms with Crippen LogP contribution in [0.4, 0.5) is 4.39 Å². The molecule has 3 aromatic carbocycles. The largest absolute Gasteiger partial charge is 0.354 e. The third-order valence-corrected chi connectivity index (χ3v) is 7.47. The number of aromatic nitrogens is 1. The van der Waals surface area contributed by atoms with Crippen LogP contribution >= 0.6 is 0 Å². The first kappa shape index (κ1) is 27.6. The Bertz CT molecular complexity index is 1310. The van der Waals surface area contributed by atoms with Crippen LogP contribution in [0.3, 0.4) is 0 Å². The monoisotopic (exact) mass is 513 g/mol. The summed E-state index contributed by atoms with van der Waals surface area (Å²) in [6.07, 6.45) is 4.26. The topological polar surface area (TPSA) is 37.3 Å². The number of amides is 1. The fourth-order valence-corrected chi connectivity index (χ4v) is 5.36. The van der Waals surface area contributed by atoms with Crippen molar-refractivity contribution < 1.29 is 9.18 Å². The first-order chi connectivity index (χ1) is 18.5. The number of benzene rings is 3. The predicted molar refractivity (Wildman–Crippen MR) is 155 cm³/mol. The highest BCUT2D eigenvalue weighted by atomic mass is 19.1. The fraction of sp³-hybridized carbons (Fsp3) is 0.364. The summed E-state index contributed by atoms with van der Waals surface area (Å²) in [5.41, 5.74) is 3.81. The number of nitrogens with one attached hydrogen (secondary N) is 1. The van der Waals surface area contributed by atoms with Crippen molar-refractivity contribution in [1.82, 2.24) is 14.8 Å². The molecule has 38 heavy (non-hydrogen) atoms. The van der Waals surface area contributed by atoms with Gasteiger partial charge in [-0.15, -0.1) is 0 Å². The summed E-state index contributed by atoms with van der Waals surface area (Å²) in [6, 6.07) is 25.4. The van der Waals surface area contributed by atoms with Crippen molar-refractivity contribution in [2.75, 3.05) is 19.6 Å². The lowest BCUT2D eigenvalue weighted by atomic mass is 9.87. The van der Waals surface area contributed by atoms with Crippen LogP contribution in [0.25, 0.3) is 10.9 Å². The van der Waals surface area contributed by atoms with E-state index in [1.54, 1.807) is 6.07 Å². The molecule has 0 saturated carbocycles. The first-order valence-corrected chi connectivity index (χ1v) is 13.9. The maximum absolute atomic E-state index is 15.2. The van der Waals surface area contributed by atoms with Gasteiger partial charge >= 0.3 is 0 Å². The molecule has 1 aromatic heterocycles. The maximum atomic E-state index is 15.2. The van der Waals surface area contributed by atoms with Gasteiger partial charge in [0, 0.05) is 42.0 Å². The molecule has 1 heterocycles. The van der Waals surface area contributed by atoms with Crippen molar-refractivity contribution in [1.29, 1.82) is 0 Å². The van der Waals surface area contributed by atoms with E-state index in [9.17, 15) is 4.79 Å². The predicted octanol–water partition coefficient (Wildman–Crippen LogP) is 6.98. The minimum atomic E-state index is -0.388. The van der Waals surface area contributed by atoms with E-state index in [1.165, 1.54) is 11.6 Å². The second-order valence-corrected chi connectivity index (χ2v) is 10.1. The number of hydrogen-bond donors (Lipinski definition) is 1. The number of fused-ring (bicyclic) bond motifs is 1. The molecule has 2 atom stereocenters. The smallest absolute Gasteiger partial charge is 0.221 e. The Morgan fingerprint density at radius 1 is 0.921 bits per heavy atom. The van der Waals surface area contributed by atoms with Crippen molar-refractivity contribution in [3.8, 4) is 0 Å². The summed E-state index contributed by atoms with van der Waals surface area (Å²) in [4.78, 5) is 15.7. The Morgan fingerprint density at radius 2 is 1.61 bits per heavy atom. The molecule has 0 bridgehead atoms. The van der Waals surface area contributed by atoms with Gasteiger partial charge in [-0.2, -0.15) is 0 Å². The lowest BCUT2D eigenvalue weighted by Crippen LogP contribution is -2.34. The lowest BCUT2D eigenvalue weighted by molar-refractivity contribution is -0.121. The third-order valence-electron chi connectivity index (χ3n) is 7.47. The quantitative estimate of drug-likeness (QED) is 0.209. The molecule has 1 amide bonds. The summed E-state index contributed by atoms with van der Waals surface area (Å²) in [6.45, 7) is 10.2. The summed E-state index contributed by atoms with van der Waals surface area (Å²) >= 11 is 0. The number of halogens is 1. The van der Waals surface area contributed by atoms with Crippen LogP contribution in [0.1, 0.15) is 62.6 Å². The van der Waals surface area contributed by atoms with Crippen molar-refractivity contribution in [3.63, 3.8) is 0 Å². The van der Waals surface area contributed by atoms with Crippen molar-refractivity contribution in [2.24, 2.45) is 0 Å². The average molecular weight is 514 g/mol. The van der Waals surface area contributed by atoms with Crippen LogP contribution in [0.15, 0.2) is 85.1 Å². The number of para-hydroxylation sites is 1. The van der Waals surface area contributed by atoms with Gasteiger partial charge in [-0.05, 0) is 68.2 Å². The van der Waals surface area contributed by atoms with Crippen molar-refractivity contribution >= 4 is 16.8 Å². The number of nitrogens with zero attached hydrogens (tertiary/aromatic N) is 2. The van der Waals surface area contributed by atoms with E-state index in [-0.39, 0.29) is 30.1 Å². The lowest BCUT2D eigenvalue weighted by Gasteiger charge is -2.21. The van der Waals surface area contributed by atoms with Gasteiger partial charge in [0.05, 0.1) is 0 Å². The highest BCUT2D eigenvalue weighted by Crippen LogP contribution is 2.36. The van der Waals surface area contributed by atoms with Gasteiger partial charge in [0.25, 0.3) is 0 Å². The Balaban J connectivity index is 1.59. The minimum absolute atomic E-state index is 0.0477. The van der Waals surface area contributed by atoms with E-state index < -0.39 is 0 Å². The number of carbonyl (C=O) groups is 1. The Labute approximate surface area is 226 Å². The minimum Gasteiger partial charge on any atom is -0.354 e. The molecule has 0 radical (unpaired) electrons. The zero-order chi connectivity index (χ0) is 26.9. The van der Waals surface area contributed by atoms with Crippen LogP contribution in [0, 0.1) is 5.82 Å². The molecule has 4 aromatic rings. The maximum Gasteiger partial charge on any atom is 0.221 e. The molecule has 200 valence electrons. The zero-order valence-electron chi connectivity index (χ0n) is 22.9. The van der Waals surface area contributed by atoms with Gasteiger partial charge in [0.2, 0.25) is 5.91 Å². The van der Waals surface area contributed by atoms with Crippen LogP contribution in [0.5, 0.6) is 0 Å². The molecule has 0 saturated heterocycles. The van der Waals surface area contributed by atoms with Gasteiger partial charge in [-0.3, -0.25) is 4.79 Å². The van der Waals surface area contributed by atoms with E-state index in [0.717, 1.165) is 48.9 Å². The molecule has 4 nitrogen and oxygen atoms in total. The Morgan fingerprint density at radius 3 is 2.34 bits per heavy atom. The normalized spacial score (nSPS) is 13.1. The third kappa shape index (κ3) is 6.90. The van der Waals surface area contributed by atoms with Crippen molar-refractivity contribution in [2.45, 2.75) is 58.5 Å². The van der Waals surface area contributed by atoms with Crippen LogP contribution in [0.2, 0.25) is 0 Å². The first-order valence-electron chi connectivity index (χ1n) is 13.9. The summed E-state index contributed by atoms with van der Waals surface area (Å²) < 4.78 is 17.4. The average Bonchev–Trinajstić information content (AvgIpc) is 3.29. The van der Waals surface area contributed by atoms with Crippen LogP contribution in [-0.2, 0) is 11.3 Å². The zero-order valence-corrected chi connectivity index (χ0v) is 22.9. The fourth-order valence-electron chi connectivity index (χ4n) is 5.36. The molecule has 0 aliphatic rings. The number of rotatable bonds is 13. The molecule has 4 rings (SSSR count). The standard InChI is InChI=1S/C33H40FN3O/c1-4-36(5-2)21-13-14-25(3)35-33(38)22-29(27-17-9-11-19-31(27)34)30-24-37(23-26-15-7-6-8-16-26)32-20-12-10-18-28(30)32/h6-12,15-20,24-25,29H,4-5,13-14,21-23H2,1-3H3,(H,35,38)/t25-,29+/m0/s1. The second kappa shape index (κ2) is 13.4. The van der Waals surface area contributed by atoms with E-state index in [4.69, 9.17) is 0 Å². The number of carbonyl (C=O) groups excluding carboxylic acids is 1. The molecule has 0 fully saturated rings. The summed E-state index contributed by atoms with van der Waals surface area (Å²) in [5, 5.41) is 4.24.